The van der Waals surface area contributed by atoms with Crippen molar-refractivity contribution < 1.29 is 18.3 Å². The average molecular weight is 429 g/mol. The fraction of sp³-hybridized carbons (Fsp3) is 0.353. The first-order chi connectivity index (χ1) is 13.1. The maximum absolute atomic E-state index is 12.4. The van der Waals surface area contributed by atoms with Gasteiger partial charge in [0.1, 0.15) is 6.54 Å². The van der Waals surface area contributed by atoms with Gasteiger partial charge in [-0.1, -0.05) is 17.7 Å². The highest BCUT2D eigenvalue weighted by molar-refractivity contribution is 7.89. The summed E-state index contributed by atoms with van der Waals surface area (Å²) in [5.41, 5.74) is 0.405. The zero-order valence-corrected chi connectivity index (χ0v) is 17.2. The molecule has 0 aliphatic carbocycles. The topological polar surface area (TPSA) is 122 Å². The maximum atomic E-state index is 12.4. The number of aromatic nitrogens is 2. The number of nitrogens with zero attached hydrogens (tertiary/aromatic N) is 3. The van der Waals surface area contributed by atoms with E-state index in [1.807, 2.05) is 0 Å². The van der Waals surface area contributed by atoms with Crippen LogP contribution in [0.5, 0.6) is 0 Å². The molecule has 0 fully saturated rings. The molecule has 2 N–H and O–H groups in total. The number of carbonyl (C=O) groups is 1. The van der Waals surface area contributed by atoms with E-state index in [4.69, 9.17) is 16.7 Å². The van der Waals surface area contributed by atoms with Crippen molar-refractivity contribution >= 4 is 33.2 Å². The van der Waals surface area contributed by atoms with E-state index in [1.54, 1.807) is 19.1 Å². The van der Waals surface area contributed by atoms with Crippen LogP contribution in [-0.2, 0) is 27.8 Å². The van der Waals surface area contributed by atoms with Crippen LogP contribution >= 0.6 is 11.6 Å². The first kappa shape index (κ1) is 22.0. The molecule has 0 spiro atoms. The zero-order valence-electron chi connectivity index (χ0n) is 15.6. The maximum Gasteiger partial charge on any atom is 0.272 e. The van der Waals surface area contributed by atoms with Crippen LogP contribution in [0.1, 0.15) is 11.1 Å². The van der Waals surface area contributed by atoms with Gasteiger partial charge in [0.05, 0.1) is 16.1 Å². The van der Waals surface area contributed by atoms with Crippen LogP contribution < -0.4 is 10.9 Å². The third-order valence-corrected chi connectivity index (χ3v) is 6.26. The number of amides is 1. The minimum Gasteiger partial charge on any atom is -0.396 e. The second-order valence-electron chi connectivity index (χ2n) is 6.22. The van der Waals surface area contributed by atoms with Gasteiger partial charge in [0, 0.05) is 38.4 Å². The summed E-state index contributed by atoms with van der Waals surface area (Å²) < 4.78 is 26.8. The molecular weight excluding hydrogens is 408 g/mol. The van der Waals surface area contributed by atoms with Crippen molar-refractivity contribution in [3.63, 3.8) is 0 Å². The predicted molar refractivity (Wildman–Crippen MR) is 105 cm³/mol. The highest BCUT2D eigenvalue weighted by Gasteiger charge is 2.20. The van der Waals surface area contributed by atoms with Crippen molar-refractivity contribution in [3.8, 4) is 0 Å². The summed E-state index contributed by atoms with van der Waals surface area (Å²) in [6.45, 7) is 0.998. The number of halogens is 1. The van der Waals surface area contributed by atoms with Gasteiger partial charge in [0.15, 0.2) is 0 Å². The van der Waals surface area contributed by atoms with Gasteiger partial charge < -0.3 is 10.4 Å². The standard InChI is InChI=1S/C17H21ClN4O5S/c1-11-4-5-12(8-15(11)28(26,27)21(2)3)20-16(24)10-22-17(25)13(6-7-23)14(18)9-19-22/h4-5,8-9,23H,6-7,10H2,1-3H3,(H,20,24). The molecule has 0 aliphatic rings. The SMILES string of the molecule is Cc1ccc(NC(=O)Cn2ncc(Cl)c(CCO)c2=O)cc1S(=O)(=O)N(C)C. The molecule has 2 aromatic rings. The lowest BCUT2D eigenvalue weighted by Gasteiger charge is -2.15. The summed E-state index contributed by atoms with van der Waals surface area (Å²) in [4.78, 5) is 24.7. The van der Waals surface area contributed by atoms with Crippen molar-refractivity contribution in [2.45, 2.75) is 24.8 Å². The Balaban J connectivity index is 2.26. The summed E-state index contributed by atoms with van der Waals surface area (Å²) in [5, 5.41) is 15.5. The molecule has 9 nitrogen and oxygen atoms in total. The Hall–Kier alpha value is -2.27. The minimum atomic E-state index is -3.67. The highest BCUT2D eigenvalue weighted by atomic mass is 35.5. The van der Waals surface area contributed by atoms with Gasteiger partial charge >= 0.3 is 0 Å². The van der Waals surface area contributed by atoms with Crippen LogP contribution in [0.2, 0.25) is 5.02 Å². The Labute approximate surface area is 167 Å². The van der Waals surface area contributed by atoms with Crippen LogP contribution in [0.25, 0.3) is 0 Å². The van der Waals surface area contributed by atoms with Crippen LogP contribution in [-0.4, -0.2) is 54.2 Å². The van der Waals surface area contributed by atoms with E-state index in [0.29, 0.717) is 5.56 Å². The number of rotatable bonds is 7. The molecule has 11 heteroatoms. The van der Waals surface area contributed by atoms with E-state index in [1.165, 1.54) is 26.4 Å². The third-order valence-electron chi connectivity index (χ3n) is 3.98. The number of aryl methyl sites for hydroxylation is 1. The van der Waals surface area contributed by atoms with Crippen LogP contribution in [0, 0.1) is 6.92 Å². The molecule has 28 heavy (non-hydrogen) atoms. The van der Waals surface area contributed by atoms with Gasteiger partial charge in [0.25, 0.3) is 5.56 Å². The summed E-state index contributed by atoms with van der Waals surface area (Å²) in [6, 6.07) is 4.51. The molecule has 2 rings (SSSR count). The van der Waals surface area contributed by atoms with Gasteiger partial charge in [-0.25, -0.2) is 17.4 Å². The predicted octanol–water partition coefficient (Wildman–Crippen LogP) is 0.629. The number of sulfonamides is 1. The molecule has 0 saturated carbocycles. The van der Waals surface area contributed by atoms with Gasteiger partial charge in [-0.15, -0.1) is 0 Å². The lowest BCUT2D eigenvalue weighted by atomic mass is 10.2. The van der Waals surface area contributed by atoms with E-state index in [-0.39, 0.29) is 34.2 Å². The molecule has 0 atom stereocenters. The summed E-state index contributed by atoms with van der Waals surface area (Å²) in [7, 11) is -0.834. The first-order valence-electron chi connectivity index (χ1n) is 8.26. The number of nitrogens with one attached hydrogen (secondary N) is 1. The normalized spacial score (nSPS) is 11.6. The Morgan fingerprint density at radius 3 is 2.64 bits per heavy atom. The Kier molecular flexibility index (Phi) is 6.94. The van der Waals surface area contributed by atoms with Crippen molar-refractivity contribution in [2.75, 3.05) is 26.0 Å². The van der Waals surface area contributed by atoms with Crippen molar-refractivity contribution in [1.29, 1.82) is 0 Å². The van der Waals surface area contributed by atoms with Crippen molar-refractivity contribution in [3.05, 3.63) is 50.9 Å². The Morgan fingerprint density at radius 1 is 1.36 bits per heavy atom. The Morgan fingerprint density at radius 2 is 2.04 bits per heavy atom. The second kappa shape index (κ2) is 8.82. The van der Waals surface area contributed by atoms with E-state index < -0.39 is 28.0 Å². The van der Waals surface area contributed by atoms with Gasteiger partial charge in [-0.2, -0.15) is 5.10 Å². The molecule has 152 valence electrons. The summed E-state index contributed by atoms with van der Waals surface area (Å²) in [5.74, 6) is -0.566. The monoisotopic (exact) mass is 428 g/mol. The molecular formula is C17H21ClN4O5S. The summed E-state index contributed by atoms with van der Waals surface area (Å²) >= 11 is 5.90. The molecule has 1 amide bonds. The van der Waals surface area contributed by atoms with Gasteiger partial charge in [0.2, 0.25) is 15.9 Å². The molecule has 1 heterocycles. The number of hydrogen-bond acceptors (Lipinski definition) is 6. The van der Waals surface area contributed by atoms with E-state index in [0.717, 1.165) is 8.99 Å². The largest absolute Gasteiger partial charge is 0.396 e. The van der Waals surface area contributed by atoms with E-state index >= 15 is 0 Å². The second-order valence-corrected chi connectivity index (χ2v) is 8.75. The molecule has 0 saturated heterocycles. The number of hydrogen-bond donors (Lipinski definition) is 2. The van der Waals surface area contributed by atoms with Crippen LogP contribution in [0.4, 0.5) is 5.69 Å². The smallest absolute Gasteiger partial charge is 0.272 e. The average Bonchev–Trinajstić information content (AvgIpc) is 2.62. The molecule has 1 aromatic carbocycles. The number of carbonyl (C=O) groups excluding carboxylic acids is 1. The Bertz CT molecular complexity index is 1050. The van der Waals surface area contributed by atoms with Crippen LogP contribution in [0.3, 0.4) is 0 Å². The quantitative estimate of drug-likeness (QED) is 0.667. The van der Waals surface area contributed by atoms with Crippen LogP contribution in [0.15, 0.2) is 34.1 Å². The zero-order chi connectivity index (χ0) is 21.1. The number of aliphatic hydroxyl groups is 1. The summed E-state index contributed by atoms with van der Waals surface area (Å²) in [6.07, 6.45) is 1.28. The lowest BCUT2D eigenvalue weighted by molar-refractivity contribution is -0.117. The molecule has 0 aliphatic heterocycles. The molecule has 1 aromatic heterocycles. The van der Waals surface area contributed by atoms with Gasteiger partial charge in [-0.3, -0.25) is 9.59 Å². The number of anilines is 1. The molecule has 0 radical (unpaired) electrons. The molecule has 0 bridgehead atoms. The van der Waals surface area contributed by atoms with Gasteiger partial charge in [-0.05, 0) is 24.6 Å². The fourth-order valence-electron chi connectivity index (χ4n) is 2.45. The highest BCUT2D eigenvalue weighted by Crippen LogP contribution is 2.22. The fourth-order valence-corrected chi connectivity index (χ4v) is 3.81. The molecule has 0 unspecified atom stereocenters. The first-order valence-corrected chi connectivity index (χ1v) is 10.1. The van der Waals surface area contributed by atoms with Crippen molar-refractivity contribution in [1.82, 2.24) is 14.1 Å². The van der Waals surface area contributed by atoms with E-state index in [2.05, 4.69) is 10.4 Å². The minimum absolute atomic E-state index is 0.0471. The lowest BCUT2D eigenvalue weighted by Crippen LogP contribution is -2.32. The van der Waals surface area contributed by atoms with E-state index in [9.17, 15) is 18.0 Å². The number of benzene rings is 1. The van der Waals surface area contributed by atoms with Crippen molar-refractivity contribution in [2.24, 2.45) is 0 Å². The third kappa shape index (κ3) is 4.76. The number of aliphatic hydroxyl groups excluding tert-OH is 1.